The monoisotopic (exact) mass is 363 g/mol. The molecule has 6 nitrogen and oxygen atoms in total. The van der Waals surface area contributed by atoms with Crippen LogP contribution in [0.4, 0.5) is 0 Å². The zero-order valence-electron chi connectivity index (χ0n) is 14.3. The molecule has 1 fully saturated rings. The molecule has 0 saturated carbocycles. The number of carbonyl (C=O) groups is 1. The highest BCUT2D eigenvalue weighted by atomic mass is 35.5. The Morgan fingerprint density at radius 2 is 2.32 bits per heavy atom. The predicted molar refractivity (Wildman–Crippen MR) is 95.4 cm³/mol. The van der Waals surface area contributed by atoms with Crippen molar-refractivity contribution in [2.75, 3.05) is 19.8 Å². The molecule has 0 spiro atoms. The molecule has 1 aliphatic rings. The Labute approximate surface area is 151 Å². The number of amides is 1. The average molecular weight is 364 g/mol. The first-order valence-corrected chi connectivity index (χ1v) is 8.70. The zero-order valence-corrected chi connectivity index (χ0v) is 15.1. The molecule has 134 valence electrons. The number of halogens is 1. The second kappa shape index (κ2) is 7.15. The topological polar surface area (TPSA) is 76.4 Å². The van der Waals surface area contributed by atoms with E-state index in [9.17, 15) is 9.90 Å². The van der Waals surface area contributed by atoms with Crippen molar-refractivity contribution in [2.45, 2.75) is 31.8 Å². The number of carbonyl (C=O) groups excluding carboxylic acids is 1. The Kier molecular flexibility index (Phi) is 5.13. The summed E-state index contributed by atoms with van der Waals surface area (Å²) >= 11 is 6.07. The van der Waals surface area contributed by atoms with E-state index in [0.717, 1.165) is 11.4 Å². The van der Waals surface area contributed by atoms with Gasteiger partial charge in [-0.15, -0.1) is 0 Å². The fraction of sp³-hybridized carbons (Fsp3) is 0.444. The predicted octanol–water partition coefficient (Wildman–Crippen LogP) is 2.53. The van der Waals surface area contributed by atoms with Crippen LogP contribution in [0.2, 0.25) is 5.02 Å². The van der Waals surface area contributed by atoms with Gasteiger partial charge in [-0.1, -0.05) is 31.5 Å². The quantitative estimate of drug-likeness (QED) is 0.855. The van der Waals surface area contributed by atoms with Crippen molar-refractivity contribution < 1.29 is 14.6 Å². The molecule has 1 unspecified atom stereocenters. The lowest BCUT2D eigenvalue weighted by atomic mass is 10.0. The summed E-state index contributed by atoms with van der Waals surface area (Å²) in [6.45, 7) is 4.93. The van der Waals surface area contributed by atoms with E-state index in [1.54, 1.807) is 23.0 Å². The first-order valence-electron chi connectivity index (χ1n) is 8.32. The van der Waals surface area contributed by atoms with Gasteiger partial charge in [0.15, 0.2) is 0 Å². The smallest absolute Gasteiger partial charge is 0.254 e. The van der Waals surface area contributed by atoms with Crippen LogP contribution in [0.1, 0.15) is 42.2 Å². The van der Waals surface area contributed by atoms with E-state index < -0.39 is 5.60 Å². The van der Waals surface area contributed by atoms with Crippen molar-refractivity contribution in [3.63, 3.8) is 0 Å². The van der Waals surface area contributed by atoms with Gasteiger partial charge in [0.1, 0.15) is 5.60 Å². The van der Waals surface area contributed by atoms with Gasteiger partial charge in [-0.05, 0) is 24.1 Å². The summed E-state index contributed by atoms with van der Waals surface area (Å²) in [6, 6.07) is 7.34. The summed E-state index contributed by atoms with van der Waals surface area (Å²) in [7, 11) is 0. The minimum atomic E-state index is -0.989. The number of hydrogen-bond acceptors (Lipinski definition) is 4. The number of aliphatic hydroxyl groups is 1. The molecule has 1 aromatic carbocycles. The molecule has 2 aromatic rings. The standard InChI is InChI=1S/C18H22ClN3O3/c1-12(2)16-15(17(23)20-10-18(24)6-7-25-11-18)9-21-22(16)14-5-3-4-13(19)8-14/h3-5,8-9,12,24H,6-7,10-11H2,1-2H3,(H,20,23). The first kappa shape index (κ1) is 17.9. The second-order valence-electron chi connectivity index (χ2n) is 6.70. The number of benzene rings is 1. The van der Waals surface area contributed by atoms with Crippen molar-refractivity contribution in [2.24, 2.45) is 0 Å². The molecule has 0 bridgehead atoms. The number of rotatable bonds is 5. The number of nitrogens with one attached hydrogen (secondary N) is 1. The number of ether oxygens (including phenoxy) is 1. The fourth-order valence-corrected chi connectivity index (χ4v) is 3.16. The van der Waals surface area contributed by atoms with Gasteiger partial charge in [0, 0.05) is 24.6 Å². The molecule has 0 aliphatic carbocycles. The number of nitrogens with zero attached hydrogens (tertiary/aromatic N) is 2. The van der Waals surface area contributed by atoms with Crippen molar-refractivity contribution in [1.82, 2.24) is 15.1 Å². The number of aromatic nitrogens is 2. The maximum atomic E-state index is 12.6. The maximum Gasteiger partial charge on any atom is 0.254 e. The molecule has 1 aliphatic heterocycles. The van der Waals surface area contributed by atoms with E-state index in [-0.39, 0.29) is 25.0 Å². The minimum Gasteiger partial charge on any atom is -0.386 e. The highest BCUT2D eigenvalue weighted by molar-refractivity contribution is 6.30. The summed E-state index contributed by atoms with van der Waals surface area (Å²) < 4.78 is 6.94. The molecule has 3 rings (SSSR count). The van der Waals surface area contributed by atoms with Crippen LogP contribution in [0, 0.1) is 0 Å². The Hall–Kier alpha value is -1.89. The molecule has 2 N–H and O–H groups in total. The summed E-state index contributed by atoms with van der Waals surface area (Å²) in [4.78, 5) is 12.6. The zero-order chi connectivity index (χ0) is 18.0. The minimum absolute atomic E-state index is 0.0835. The first-order chi connectivity index (χ1) is 11.9. The Balaban J connectivity index is 1.85. The molecular weight excluding hydrogens is 342 g/mol. The van der Waals surface area contributed by atoms with Gasteiger partial charge in [0.25, 0.3) is 5.91 Å². The Morgan fingerprint density at radius 3 is 2.96 bits per heavy atom. The van der Waals surface area contributed by atoms with E-state index in [1.165, 1.54) is 0 Å². The third kappa shape index (κ3) is 3.86. The van der Waals surface area contributed by atoms with Crippen LogP contribution in [0.25, 0.3) is 5.69 Å². The van der Waals surface area contributed by atoms with Crippen molar-refractivity contribution >= 4 is 17.5 Å². The molecular formula is C18H22ClN3O3. The van der Waals surface area contributed by atoms with E-state index in [2.05, 4.69) is 10.4 Å². The summed E-state index contributed by atoms with van der Waals surface area (Å²) in [5.41, 5.74) is 1.11. The van der Waals surface area contributed by atoms with Gasteiger partial charge in [0.2, 0.25) is 0 Å². The highest BCUT2D eigenvalue weighted by Gasteiger charge is 2.33. The summed E-state index contributed by atoms with van der Waals surface area (Å²) in [6.07, 6.45) is 2.08. The lowest BCUT2D eigenvalue weighted by Crippen LogP contribution is -2.43. The molecule has 25 heavy (non-hydrogen) atoms. The van der Waals surface area contributed by atoms with Gasteiger partial charge < -0.3 is 15.2 Å². The SMILES string of the molecule is CC(C)c1c(C(=O)NCC2(O)CCOC2)cnn1-c1cccc(Cl)c1. The van der Waals surface area contributed by atoms with E-state index in [1.807, 2.05) is 26.0 Å². The van der Waals surface area contributed by atoms with Gasteiger partial charge in [-0.2, -0.15) is 5.10 Å². The van der Waals surface area contributed by atoms with Gasteiger partial charge in [-0.25, -0.2) is 4.68 Å². The lowest BCUT2D eigenvalue weighted by Gasteiger charge is -2.21. The Bertz CT molecular complexity index is 767. The van der Waals surface area contributed by atoms with Crippen LogP contribution in [-0.2, 0) is 4.74 Å². The fourth-order valence-electron chi connectivity index (χ4n) is 2.98. The van der Waals surface area contributed by atoms with Crippen molar-refractivity contribution in [1.29, 1.82) is 0 Å². The van der Waals surface area contributed by atoms with Crippen LogP contribution in [0.3, 0.4) is 0 Å². The van der Waals surface area contributed by atoms with Crippen LogP contribution in [0.15, 0.2) is 30.5 Å². The summed E-state index contributed by atoms with van der Waals surface area (Å²) in [5, 5.41) is 18.1. The van der Waals surface area contributed by atoms with Crippen LogP contribution in [-0.4, -0.2) is 46.2 Å². The third-order valence-corrected chi connectivity index (χ3v) is 4.55. The van der Waals surface area contributed by atoms with Gasteiger partial charge in [0.05, 0.1) is 29.7 Å². The molecule has 1 atom stereocenters. The average Bonchev–Trinajstić information content (AvgIpc) is 3.19. The third-order valence-electron chi connectivity index (χ3n) is 4.31. The molecule has 2 heterocycles. The molecule has 1 amide bonds. The van der Waals surface area contributed by atoms with E-state index >= 15 is 0 Å². The van der Waals surface area contributed by atoms with Crippen LogP contribution < -0.4 is 5.32 Å². The van der Waals surface area contributed by atoms with E-state index in [0.29, 0.717) is 23.6 Å². The normalized spacial score (nSPS) is 20.2. The van der Waals surface area contributed by atoms with Crippen molar-refractivity contribution in [3.05, 3.63) is 46.7 Å². The van der Waals surface area contributed by atoms with Crippen LogP contribution in [0.5, 0.6) is 0 Å². The maximum absolute atomic E-state index is 12.6. The molecule has 7 heteroatoms. The van der Waals surface area contributed by atoms with E-state index in [4.69, 9.17) is 16.3 Å². The lowest BCUT2D eigenvalue weighted by molar-refractivity contribution is 0.0264. The van der Waals surface area contributed by atoms with Gasteiger partial charge in [-0.3, -0.25) is 4.79 Å². The molecule has 1 saturated heterocycles. The largest absolute Gasteiger partial charge is 0.386 e. The number of hydrogen-bond donors (Lipinski definition) is 2. The van der Waals surface area contributed by atoms with Crippen LogP contribution >= 0.6 is 11.6 Å². The van der Waals surface area contributed by atoms with Gasteiger partial charge >= 0.3 is 0 Å². The Morgan fingerprint density at radius 1 is 1.52 bits per heavy atom. The molecule has 1 aromatic heterocycles. The second-order valence-corrected chi connectivity index (χ2v) is 7.14. The summed E-state index contributed by atoms with van der Waals surface area (Å²) in [5.74, 6) is -0.169. The highest BCUT2D eigenvalue weighted by Crippen LogP contribution is 2.25. The molecule has 0 radical (unpaired) electrons. The van der Waals surface area contributed by atoms with Crippen molar-refractivity contribution in [3.8, 4) is 5.69 Å².